The molecule has 1 aliphatic carbocycles. The van der Waals surface area contributed by atoms with Crippen molar-refractivity contribution in [3.05, 3.63) is 53.3 Å². The van der Waals surface area contributed by atoms with Crippen LogP contribution < -0.4 is 14.8 Å². The summed E-state index contributed by atoms with van der Waals surface area (Å²) in [5.74, 6) is -0.929. The molecule has 0 aromatic heterocycles. The molecule has 1 amide bonds. The van der Waals surface area contributed by atoms with E-state index in [2.05, 4.69) is 10.0 Å². The Morgan fingerprint density at radius 1 is 1.11 bits per heavy atom. The van der Waals surface area contributed by atoms with Crippen LogP contribution in [0.15, 0.2) is 41.3 Å². The lowest BCUT2D eigenvalue weighted by atomic mass is 9.92. The summed E-state index contributed by atoms with van der Waals surface area (Å²) in [6, 6.07) is 9.26. The largest absolute Gasteiger partial charge is 0.494 e. The number of fused-ring (bicyclic) bond motifs is 1. The fourth-order valence-corrected chi connectivity index (χ4v) is 4.31. The van der Waals surface area contributed by atoms with Gasteiger partial charge in [-0.2, -0.15) is 0 Å². The molecule has 3 rings (SSSR count). The molecule has 0 bridgehead atoms. The second kappa shape index (κ2) is 8.70. The molecule has 150 valence electrons. The predicted molar refractivity (Wildman–Crippen MR) is 104 cm³/mol. The van der Waals surface area contributed by atoms with Gasteiger partial charge in [0.25, 0.3) is 0 Å². The minimum atomic E-state index is -3.68. The number of carbonyl (C=O) groups excluding carboxylic acids is 1. The minimum absolute atomic E-state index is 0.0517. The molecule has 0 unspecified atom stereocenters. The van der Waals surface area contributed by atoms with E-state index >= 15 is 0 Å². The van der Waals surface area contributed by atoms with Crippen molar-refractivity contribution in [1.29, 1.82) is 0 Å². The van der Waals surface area contributed by atoms with Crippen LogP contribution in [0.5, 0.6) is 5.75 Å². The molecular weight excluding hydrogens is 383 g/mol. The van der Waals surface area contributed by atoms with Gasteiger partial charge in [-0.3, -0.25) is 4.79 Å². The Kier molecular flexibility index (Phi) is 6.31. The lowest BCUT2D eigenvalue weighted by molar-refractivity contribution is -0.116. The highest BCUT2D eigenvalue weighted by atomic mass is 32.2. The standard InChI is InChI=1S/C20H23FN2O4S/c1-27-19-9-7-16(13-18(19)21)23-20(24)10-11-22-28(25,26)17-8-6-14-4-2-3-5-15(14)12-17/h6-9,12-13,22H,2-5,10-11H2,1H3,(H,23,24). The van der Waals surface area contributed by atoms with E-state index in [-0.39, 0.29) is 29.3 Å². The molecule has 0 spiro atoms. The van der Waals surface area contributed by atoms with Gasteiger partial charge < -0.3 is 10.1 Å². The van der Waals surface area contributed by atoms with E-state index < -0.39 is 21.7 Å². The molecule has 0 fully saturated rings. The van der Waals surface area contributed by atoms with E-state index in [4.69, 9.17) is 4.74 Å². The van der Waals surface area contributed by atoms with Crippen molar-refractivity contribution in [2.24, 2.45) is 0 Å². The highest BCUT2D eigenvalue weighted by molar-refractivity contribution is 7.89. The number of amides is 1. The fraction of sp³-hybridized carbons (Fsp3) is 0.350. The number of ether oxygens (including phenoxy) is 1. The molecule has 28 heavy (non-hydrogen) atoms. The molecule has 0 heterocycles. The quantitative estimate of drug-likeness (QED) is 0.740. The number of benzene rings is 2. The maximum atomic E-state index is 13.6. The van der Waals surface area contributed by atoms with Gasteiger partial charge in [0.05, 0.1) is 12.0 Å². The van der Waals surface area contributed by atoms with E-state index in [1.807, 2.05) is 6.07 Å². The second-order valence-corrected chi connectivity index (χ2v) is 8.45. The number of anilines is 1. The molecule has 0 radical (unpaired) electrons. The van der Waals surface area contributed by atoms with Gasteiger partial charge in [0.15, 0.2) is 11.6 Å². The van der Waals surface area contributed by atoms with Crippen LogP contribution in [0.1, 0.15) is 30.4 Å². The predicted octanol–water partition coefficient (Wildman–Crippen LogP) is 3.02. The highest BCUT2D eigenvalue weighted by Crippen LogP contribution is 2.24. The van der Waals surface area contributed by atoms with Crippen LogP contribution in [0.2, 0.25) is 0 Å². The average molecular weight is 406 g/mol. The number of hydrogen-bond acceptors (Lipinski definition) is 4. The van der Waals surface area contributed by atoms with E-state index in [1.54, 1.807) is 12.1 Å². The number of sulfonamides is 1. The summed E-state index contributed by atoms with van der Waals surface area (Å²) in [6.07, 6.45) is 3.99. The number of halogens is 1. The summed E-state index contributed by atoms with van der Waals surface area (Å²) in [7, 11) is -2.33. The summed E-state index contributed by atoms with van der Waals surface area (Å²) in [6.45, 7) is -0.0517. The molecule has 0 atom stereocenters. The Bertz CT molecular complexity index is 976. The van der Waals surface area contributed by atoms with Gasteiger partial charge in [-0.1, -0.05) is 6.07 Å². The first-order chi connectivity index (χ1) is 13.4. The molecule has 8 heteroatoms. The van der Waals surface area contributed by atoms with E-state index in [9.17, 15) is 17.6 Å². The number of rotatable bonds is 7. The molecular formula is C20H23FN2O4S. The zero-order valence-corrected chi connectivity index (χ0v) is 16.4. The maximum absolute atomic E-state index is 13.6. The number of methoxy groups -OCH3 is 1. The summed E-state index contributed by atoms with van der Waals surface area (Å²) in [4.78, 5) is 12.2. The van der Waals surface area contributed by atoms with Crippen molar-refractivity contribution in [3.8, 4) is 5.75 Å². The number of hydrogen-bond donors (Lipinski definition) is 2. The molecule has 1 aliphatic rings. The Morgan fingerprint density at radius 3 is 2.57 bits per heavy atom. The fourth-order valence-electron chi connectivity index (χ4n) is 3.23. The second-order valence-electron chi connectivity index (χ2n) is 6.68. The number of aryl methyl sites for hydroxylation is 2. The Labute approximate surface area is 164 Å². The lowest BCUT2D eigenvalue weighted by Crippen LogP contribution is -2.28. The third-order valence-electron chi connectivity index (χ3n) is 4.71. The zero-order chi connectivity index (χ0) is 20.1. The van der Waals surface area contributed by atoms with Gasteiger partial charge in [-0.15, -0.1) is 0 Å². The topological polar surface area (TPSA) is 84.5 Å². The molecule has 0 saturated heterocycles. The van der Waals surface area contributed by atoms with Gasteiger partial charge in [0, 0.05) is 24.7 Å². The average Bonchev–Trinajstić information content (AvgIpc) is 2.67. The van der Waals surface area contributed by atoms with E-state index in [1.165, 1.54) is 24.8 Å². The van der Waals surface area contributed by atoms with Crippen LogP contribution in [-0.4, -0.2) is 28.0 Å². The molecule has 2 N–H and O–H groups in total. The van der Waals surface area contributed by atoms with Gasteiger partial charge in [0.1, 0.15) is 0 Å². The summed E-state index contributed by atoms with van der Waals surface area (Å²) >= 11 is 0. The first-order valence-electron chi connectivity index (χ1n) is 9.14. The Morgan fingerprint density at radius 2 is 1.86 bits per heavy atom. The smallest absolute Gasteiger partial charge is 0.240 e. The van der Waals surface area contributed by atoms with Crippen molar-refractivity contribution < 1.29 is 22.3 Å². The minimum Gasteiger partial charge on any atom is -0.494 e. The molecule has 6 nitrogen and oxygen atoms in total. The van der Waals surface area contributed by atoms with Crippen molar-refractivity contribution in [1.82, 2.24) is 4.72 Å². The molecule has 0 aliphatic heterocycles. The van der Waals surface area contributed by atoms with Crippen molar-refractivity contribution in [2.75, 3.05) is 19.0 Å². The first-order valence-corrected chi connectivity index (χ1v) is 10.6. The van der Waals surface area contributed by atoms with Gasteiger partial charge >= 0.3 is 0 Å². The van der Waals surface area contributed by atoms with Gasteiger partial charge in [-0.05, 0) is 61.1 Å². The normalized spacial score (nSPS) is 13.6. The van der Waals surface area contributed by atoms with Crippen LogP contribution in [0.25, 0.3) is 0 Å². The van der Waals surface area contributed by atoms with Crippen molar-refractivity contribution in [3.63, 3.8) is 0 Å². The Hall–Kier alpha value is -2.45. The van der Waals surface area contributed by atoms with Crippen LogP contribution in [0, 0.1) is 5.82 Å². The first kappa shape index (κ1) is 20.3. The summed E-state index contributed by atoms with van der Waals surface area (Å²) in [5, 5.41) is 2.53. The highest BCUT2D eigenvalue weighted by Gasteiger charge is 2.18. The zero-order valence-electron chi connectivity index (χ0n) is 15.6. The van der Waals surface area contributed by atoms with Crippen LogP contribution in [0.3, 0.4) is 0 Å². The molecule has 2 aromatic rings. The summed E-state index contributed by atoms with van der Waals surface area (Å²) in [5.41, 5.74) is 2.56. The van der Waals surface area contributed by atoms with Crippen LogP contribution >= 0.6 is 0 Å². The van der Waals surface area contributed by atoms with Crippen molar-refractivity contribution >= 4 is 21.6 Å². The number of nitrogens with one attached hydrogen (secondary N) is 2. The number of carbonyl (C=O) groups is 1. The third kappa shape index (κ3) is 4.88. The monoisotopic (exact) mass is 406 g/mol. The van der Waals surface area contributed by atoms with Gasteiger partial charge in [-0.25, -0.2) is 17.5 Å². The van der Waals surface area contributed by atoms with Crippen molar-refractivity contribution in [2.45, 2.75) is 37.0 Å². The SMILES string of the molecule is COc1ccc(NC(=O)CCNS(=O)(=O)c2ccc3c(c2)CCCC3)cc1F. The van der Waals surface area contributed by atoms with E-state index in [0.29, 0.717) is 0 Å². The Balaban J connectivity index is 1.55. The maximum Gasteiger partial charge on any atom is 0.240 e. The summed E-state index contributed by atoms with van der Waals surface area (Å²) < 4.78 is 45.8. The van der Waals surface area contributed by atoms with Crippen LogP contribution in [-0.2, 0) is 27.7 Å². The molecule has 0 saturated carbocycles. The van der Waals surface area contributed by atoms with Crippen LogP contribution in [0.4, 0.5) is 10.1 Å². The van der Waals surface area contributed by atoms with Gasteiger partial charge in [0.2, 0.25) is 15.9 Å². The molecule has 2 aromatic carbocycles. The third-order valence-corrected chi connectivity index (χ3v) is 6.17. The van der Waals surface area contributed by atoms with E-state index in [0.717, 1.165) is 37.3 Å². The lowest BCUT2D eigenvalue weighted by Gasteiger charge is -2.16.